The molecule has 0 unspecified atom stereocenters. The SMILES string of the molecule is CCCNC(=O)[C@@H](Cc1ccccc1)N(Cc1cccc(Br)c1)C(=O)COc1cc(C)ccc1C. The van der Waals surface area contributed by atoms with Crippen LogP contribution in [0, 0.1) is 13.8 Å². The Labute approximate surface area is 216 Å². The highest BCUT2D eigenvalue weighted by Crippen LogP contribution is 2.21. The molecule has 0 bridgehead atoms. The van der Waals surface area contributed by atoms with Gasteiger partial charge in [-0.05, 0) is 60.7 Å². The number of benzene rings is 3. The van der Waals surface area contributed by atoms with Crippen molar-refractivity contribution >= 4 is 27.7 Å². The molecule has 1 N–H and O–H groups in total. The molecule has 5 nitrogen and oxygen atoms in total. The van der Waals surface area contributed by atoms with E-state index in [-0.39, 0.29) is 18.4 Å². The number of halogens is 1. The maximum absolute atomic E-state index is 13.6. The quantitative estimate of drug-likeness (QED) is 0.346. The molecule has 3 rings (SSSR count). The predicted molar refractivity (Wildman–Crippen MR) is 143 cm³/mol. The average molecular weight is 537 g/mol. The Bertz CT molecular complexity index is 1130. The normalized spacial score (nSPS) is 11.5. The molecular formula is C29H33BrN2O3. The van der Waals surface area contributed by atoms with E-state index < -0.39 is 6.04 Å². The zero-order valence-corrected chi connectivity index (χ0v) is 22.2. The van der Waals surface area contributed by atoms with Crippen LogP contribution >= 0.6 is 15.9 Å². The van der Waals surface area contributed by atoms with Gasteiger partial charge in [0.1, 0.15) is 11.8 Å². The standard InChI is InChI=1S/C29H33BrN2O3/c1-4-15-31-29(34)26(18-23-9-6-5-7-10-23)32(19-24-11-8-12-25(30)17-24)28(33)20-35-27-16-21(2)13-14-22(27)3/h5-14,16-17,26H,4,15,18-20H2,1-3H3,(H,31,34)/t26-/m1/s1. The van der Waals surface area contributed by atoms with E-state index in [2.05, 4.69) is 21.2 Å². The monoisotopic (exact) mass is 536 g/mol. The Morgan fingerprint density at radius 3 is 2.43 bits per heavy atom. The van der Waals surface area contributed by atoms with Crippen molar-refractivity contribution in [2.24, 2.45) is 0 Å². The van der Waals surface area contributed by atoms with Crippen LogP contribution in [0.1, 0.15) is 35.6 Å². The Hall–Kier alpha value is -3.12. The number of amides is 2. The zero-order chi connectivity index (χ0) is 25.2. The Morgan fingerprint density at radius 2 is 1.71 bits per heavy atom. The van der Waals surface area contributed by atoms with Gasteiger partial charge in [0.05, 0.1) is 0 Å². The lowest BCUT2D eigenvalue weighted by Crippen LogP contribution is -2.51. The number of nitrogens with one attached hydrogen (secondary N) is 1. The fourth-order valence-electron chi connectivity index (χ4n) is 3.84. The van der Waals surface area contributed by atoms with Crippen molar-refractivity contribution in [1.82, 2.24) is 10.2 Å². The second-order valence-corrected chi connectivity index (χ2v) is 9.62. The molecule has 0 spiro atoms. The molecule has 0 aliphatic heterocycles. The predicted octanol–water partition coefficient (Wildman–Crippen LogP) is 5.61. The van der Waals surface area contributed by atoms with Crippen molar-refractivity contribution in [1.29, 1.82) is 0 Å². The number of hydrogen-bond acceptors (Lipinski definition) is 3. The highest BCUT2D eigenvalue weighted by atomic mass is 79.9. The highest BCUT2D eigenvalue weighted by molar-refractivity contribution is 9.10. The van der Waals surface area contributed by atoms with Crippen LogP contribution < -0.4 is 10.1 Å². The van der Waals surface area contributed by atoms with Crippen molar-refractivity contribution in [2.75, 3.05) is 13.2 Å². The molecule has 0 radical (unpaired) electrons. The van der Waals surface area contributed by atoms with E-state index in [1.807, 2.05) is 93.6 Å². The first-order valence-corrected chi connectivity index (χ1v) is 12.7. The number of nitrogens with zero attached hydrogens (tertiary/aromatic N) is 1. The number of carbonyl (C=O) groups excluding carboxylic acids is 2. The Morgan fingerprint density at radius 1 is 0.971 bits per heavy atom. The zero-order valence-electron chi connectivity index (χ0n) is 20.6. The van der Waals surface area contributed by atoms with Gasteiger partial charge in [0.25, 0.3) is 5.91 Å². The summed E-state index contributed by atoms with van der Waals surface area (Å²) in [6.07, 6.45) is 1.23. The topological polar surface area (TPSA) is 58.6 Å². The van der Waals surface area contributed by atoms with Gasteiger partial charge in [-0.3, -0.25) is 9.59 Å². The first-order chi connectivity index (χ1) is 16.9. The molecule has 2 amide bonds. The van der Waals surface area contributed by atoms with Crippen LogP contribution in [0.2, 0.25) is 0 Å². The van der Waals surface area contributed by atoms with E-state index in [9.17, 15) is 9.59 Å². The molecule has 35 heavy (non-hydrogen) atoms. The van der Waals surface area contributed by atoms with Crippen molar-refractivity contribution in [2.45, 2.75) is 46.2 Å². The molecule has 0 aliphatic rings. The summed E-state index contributed by atoms with van der Waals surface area (Å²) in [4.78, 5) is 28.6. The molecule has 0 heterocycles. The van der Waals surface area contributed by atoms with Crippen molar-refractivity contribution in [3.05, 3.63) is 99.5 Å². The van der Waals surface area contributed by atoms with Crippen LogP contribution in [0.25, 0.3) is 0 Å². The average Bonchev–Trinajstić information content (AvgIpc) is 2.85. The lowest BCUT2D eigenvalue weighted by molar-refractivity contribution is -0.142. The summed E-state index contributed by atoms with van der Waals surface area (Å²) in [5, 5.41) is 2.99. The minimum atomic E-state index is -0.669. The number of hydrogen-bond donors (Lipinski definition) is 1. The van der Waals surface area contributed by atoms with Crippen LogP contribution in [-0.4, -0.2) is 35.9 Å². The summed E-state index contributed by atoms with van der Waals surface area (Å²) in [7, 11) is 0. The van der Waals surface area contributed by atoms with Gasteiger partial charge < -0.3 is 15.0 Å². The van der Waals surface area contributed by atoms with E-state index in [4.69, 9.17) is 4.74 Å². The van der Waals surface area contributed by atoms with Crippen molar-refractivity contribution < 1.29 is 14.3 Å². The molecule has 184 valence electrons. The van der Waals surface area contributed by atoms with Gasteiger partial charge in [-0.25, -0.2) is 0 Å². The number of rotatable bonds is 11. The Kier molecular flexibility index (Phi) is 9.91. The van der Waals surface area contributed by atoms with Gasteiger partial charge in [-0.15, -0.1) is 0 Å². The first-order valence-electron chi connectivity index (χ1n) is 11.9. The molecule has 1 atom stereocenters. The Balaban J connectivity index is 1.91. The molecule has 3 aromatic rings. The fourth-order valence-corrected chi connectivity index (χ4v) is 4.28. The van der Waals surface area contributed by atoms with Gasteiger partial charge in [0, 0.05) is 24.0 Å². The van der Waals surface area contributed by atoms with E-state index >= 15 is 0 Å². The van der Waals surface area contributed by atoms with Gasteiger partial charge in [-0.1, -0.05) is 77.5 Å². The van der Waals surface area contributed by atoms with Gasteiger partial charge in [-0.2, -0.15) is 0 Å². The third-order valence-electron chi connectivity index (χ3n) is 5.76. The number of ether oxygens (including phenoxy) is 1. The fraction of sp³-hybridized carbons (Fsp3) is 0.310. The van der Waals surface area contributed by atoms with Gasteiger partial charge >= 0.3 is 0 Å². The maximum Gasteiger partial charge on any atom is 0.261 e. The summed E-state index contributed by atoms with van der Waals surface area (Å²) < 4.78 is 6.87. The van der Waals surface area contributed by atoms with Gasteiger partial charge in [0.2, 0.25) is 5.91 Å². The number of aryl methyl sites for hydroxylation is 2. The van der Waals surface area contributed by atoms with Crippen LogP contribution in [0.15, 0.2) is 77.3 Å². The van der Waals surface area contributed by atoms with Crippen LogP contribution in [0.5, 0.6) is 5.75 Å². The van der Waals surface area contributed by atoms with Gasteiger partial charge in [0.15, 0.2) is 6.61 Å². The third kappa shape index (κ3) is 7.96. The van der Waals surface area contributed by atoms with Crippen LogP contribution in [0.3, 0.4) is 0 Å². The smallest absolute Gasteiger partial charge is 0.261 e. The second kappa shape index (κ2) is 13.1. The lowest BCUT2D eigenvalue weighted by Gasteiger charge is -2.31. The molecule has 0 saturated carbocycles. The summed E-state index contributed by atoms with van der Waals surface area (Å²) in [6, 6.07) is 22.8. The molecule has 3 aromatic carbocycles. The molecule has 0 aromatic heterocycles. The molecular weight excluding hydrogens is 504 g/mol. The maximum atomic E-state index is 13.6. The first kappa shape index (κ1) is 26.5. The van der Waals surface area contributed by atoms with E-state index in [0.717, 1.165) is 33.1 Å². The van der Waals surface area contributed by atoms with Crippen LogP contribution in [0.4, 0.5) is 0 Å². The van der Waals surface area contributed by atoms with Crippen molar-refractivity contribution in [3.8, 4) is 5.75 Å². The highest BCUT2D eigenvalue weighted by Gasteiger charge is 2.30. The summed E-state index contributed by atoms with van der Waals surface area (Å²) in [5.41, 5.74) is 3.95. The summed E-state index contributed by atoms with van der Waals surface area (Å²) >= 11 is 3.51. The summed E-state index contributed by atoms with van der Waals surface area (Å²) in [6.45, 7) is 6.66. The van der Waals surface area contributed by atoms with Crippen molar-refractivity contribution in [3.63, 3.8) is 0 Å². The third-order valence-corrected chi connectivity index (χ3v) is 6.25. The second-order valence-electron chi connectivity index (χ2n) is 8.71. The van der Waals surface area contributed by atoms with E-state index in [1.54, 1.807) is 4.90 Å². The van der Waals surface area contributed by atoms with Crippen LogP contribution in [-0.2, 0) is 22.6 Å². The minimum Gasteiger partial charge on any atom is -0.483 e. The molecule has 0 fully saturated rings. The number of carbonyl (C=O) groups is 2. The largest absolute Gasteiger partial charge is 0.483 e. The molecule has 0 aliphatic carbocycles. The van der Waals surface area contributed by atoms with E-state index in [1.165, 1.54) is 0 Å². The molecule has 6 heteroatoms. The minimum absolute atomic E-state index is 0.148. The lowest BCUT2D eigenvalue weighted by atomic mass is 10.0. The summed E-state index contributed by atoms with van der Waals surface area (Å²) in [5.74, 6) is 0.278. The van der Waals surface area contributed by atoms with E-state index in [0.29, 0.717) is 25.3 Å². The molecule has 0 saturated heterocycles.